The third kappa shape index (κ3) is 3.70. The highest BCUT2D eigenvalue weighted by Crippen LogP contribution is 2.36. The van der Waals surface area contributed by atoms with Crippen LogP contribution < -0.4 is 5.32 Å². The Labute approximate surface area is 117 Å². The SMILES string of the molecule is CCCS(=O)(=O)CCN1CC(C)NCC12CCCC2. The molecule has 112 valence electrons. The maximum absolute atomic E-state index is 11.9. The summed E-state index contributed by atoms with van der Waals surface area (Å²) in [5, 5.41) is 3.58. The second-order valence-electron chi connectivity index (χ2n) is 6.31. The van der Waals surface area contributed by atoms with Crippen molar-refractivity contribution in [2.45, 2.75) is 57.5 Å². The molecule has 0 radical (unpaired) electrons. The van der Waals surface area contributed by atoms with Gasteiger partial charge < -0.3 is 5.32 Å². The van der Waals surface area contributed by atoms with Gasteiger partial charge >= 0.3 is 0 Å². The fourth-order valence-electron chi connectivity index (χ4n) is 3.58. The second kappa shape index (κ2) is 6.10. The van der Waals surface area contributed by atoms with E-state index >= 15 is 0 Å². The lowest BCUT2D eigenvalue weighted by atomic mass is 9.91. The summed E-state index contributed by atoms with van der Waals surface area (Å²) in [7, 11) is -2.86. The van der Waals surface area contributed by atoms with Crippen LogP contribution in [0.15, 0.2) is 0 Å². The largest absolute Gasteiger partial charge is 0.311 e. The summed E-state index contributed by atoms with van der Waals surface area (Å²) in [5.74, 6) is 0.664. The molecule has 0 amide bonds. The number of piperazine rings is 1. The molecule has 1 saturated heterocycles. The Bertz CT molecular complexity index is 388. The molecule has 1 aliphatic carbocycles. The molecule has 5 heteroatoms. The van der Waals surface area contributed by atoms with Crippen LogP contribution in [0.25, 0.3) is 0 Å². The smallest absolute Gasteiger partial charge is 0.151 e. The molecule has 1 N–H and O–H groups in total. The number of hydrogen-bond acceptors (Lipinski definition) is 4. The van der Waals surface area contributed by atoms with Gasteiger partial charge in [-0.15, -0.1) is 0 Å². The lowest BCUT2D eigenvalue weighted by Crippen LogP contribution is -2.63. The maximum Gasteiger partial charge on any atom is 0.151 e. The molecule has 1 unspecified atom stereocenters. The third-order valence-electron chi connectivity index (χ3n) is 4.67. The van der Waals surface area contributed by atoms with Crippen molar-refractivity contribution in [3.8, 4) is 0 Å². The van der Waals surface area contributed by atoms with Crippen LogP contribution in [0.4, 0.5) is 0 Å². The number of nitrogens with one attached hydrogen (secondary N) is 1. The molecule has 19 heavy (non-hydrogen) atoms. The first kappa shape index (κ1) is 15.3. The van der Waals surface area contributed by atoms with Crippen LogP contribution in [0.3, 0.4) is 0 Å². The molecule has 2 aliphatic rings. The van der Waals surface area contributed by atoms with E-state index in [0.29, 0.717) is 24.1 Å². The number of hydrogen-bond donors (Lipinski definition) is 1. The molecule has 2 rings (SSSR count). The highest BCUT2D eigenvalue weighted by Gasteiger charge is 2.42. The van der Waals surface area contributed by atoms with Crippen molar-refractivity contribution < 1.29 is 8.42 Å². The van der Waals surface area contributed by atoms with E-state index in [2.05, 4.69) is 17.1 Å². The molecule has 0 aromatic carbocycles. The van der Waals surface area contributed by atoms with Crippen LogP contribution in [0, 0.1) is 0 Å². The molecule has 1 heterocycles. The monoisotopic (exact) mass is 288 g/mol. The van der Waals surface area contributed by atoms with E-state index in [0.717, 1.165) is 19.5 Å². The quantitative estimate of drug-likeness (QED) is 0.831. The molecule has 0 aromatic rings. The van der Waals surface area contributed by atoms with Crippen molar-refractivity contribution in [1.29, 1.82) is 0 Å². The van der Waals surface area contributed by atoms with Crippen LogP contribution in [0.5, 0.6) is 0 Å². The predicted octanol–water partition coefficient (Wildman–Crippen LogP) is 1.42. The Kier molecular flexibility index (Phi) is 4.90. The second-order valence-corrected chi connectivity index (χ2v) is 8.61. The number of sulfone groups is 1. The zero-order valence-electron chi connectivity index (χ0n) is 12.3. The first-order chi connectivity index (χ1) is 8.97. The van der Waals surface area contributed by atoms with Crippen molar-refractivity contribution in [2.75, 3.05) is 31.1 Å². The Balaban J connectivity index is 1.99. The number of nitrogens with zero attached hydrogens (tertiary/aromatic N) is 1. The summed E-state index contributed by atoms with van der Waals surface area (Å²) in [4.78, 5) is 2.47. The van der Waals surface area contributed by atoms with Gasteiger partial charge in [0.1, 0.15) is 0 Å². The van der Waals surface area contributed by atoms with Crippen molar-refractivity contribution in [2.24, 2.45) is 0 Å². The van der Waals surface area contributed by atoms with E-state index in [-0.39, 0.29) is 5.54 Å². The molecule has 0 aromatic heterocycles. The zero-order chi connectivity index (χ0) is 13.9. The van der Waals surface area contributed by atoms with Crippen molar-refractivity contribution >= 4 is 9.84 Å². The van der Waals surface area contributed by atoms with Gasteiger partial charge in [0.2, 0.25) is 0 Å². The van der Waals surface area contributed by atoms with Gasteiger partial charge in [-0.1, -0.05) is 19.8 Å². The Morgan fingerprint density at radius 1 is 1.26 bits per heavy atom. The van der Waals surface area contributed by atoms with Gasteiger partial charge in [-0.3, -0.25) is 4.90 Å². The fourth-order valence-corrected chi connectivity index (χ4v) is 4.91. The van der Waals surface area contributed by atoms with Gasteiger partial charge in [-0.2, -0.15) is 0 Å². The van der Waals surface area contributed by atoms with Gasteiger partial charge in [0, 0.05) is 37.0 Å². The number of rotatable bonds is 5. The standard InChI is InChI=1S/C14H28N2O2S/c1-3-9-19(17,18)10-8-16-11-13(2)15-12-14(16)6-4-5-7-14/h13,15H,3-12H2,1-2H3. The van der Waals surface area contributed by atoms with E-state index in [1.807, 2.05) is 6.92 Å². The van der Waals surface area contributed by atoms with Crippen LogP contribution in [-0.4, -0.2) is 56.0 Å². The average molecular weight is 288 g/mol. The lowest BCUT2D eigenvalue weighted by molar-refractivity contribution is 0.0526. The molecular weight excluding hydrogens is 260 g/mol. The summed E-state index contributed by atoms with van der Waals surface area (Å²) >= 11 is 0. The van der Waals surface area contributed by atoms with Crippen molar-refractivity contribution in [1.82, 2.24) is 10.2 Å². The molecule has 1 saturated carbocycles. The van der Waals surface area contributed by atoms with E-state index in [1.165, 1.54) is 25.7 Å². The summed E-state index contributed by atoms with van der Waals surface area (Å²) in [6, 6.07) is 0.472. The highest BCUT2D eigenvalue weighted by molar-refractivity contribution is 7.91. The van der Waals surface area contributed by atoms with Gasteiger partial charge in [-0.25, -0.2) is 8.42 Å². The van der Waals surface area contributed by atoms with Crippen LogP contribution in [-0.2, 0) is 9.84 Å². The first-order valence-electron chi connectivity index (χ1n) is 7.66. The van der Waals surface area contributed by atoms with Gasteiger partial charge in [0.15, 0.2) is 9.84 Å². The Morgan fingerprint density at radius 3 is 2.58 bits per heavy atom. The average Bonchev–Trinajstić information content (AvgIpc) is 2.80. The van der Waals surface area contributed by atoms with E-state index in [1.54, 1.807) is 0 Å². The molecule has 4 nitrogen and oxygen atoms in total. The van der Waals surface area contributed by atoms with E-state index < -0.39 is 9.84 Å². The van der Waals surface area contributed by atoms with Crippen molar-refractivity contribution in [3.63, 3.8) is 0 Å². The Hall–Kier alpha value is -0.130. The minimum atomic E-state index is -2.86. The summed E-state index contributed by atoms with van der Waals surface area (Å²) in [6.07, 6.45) is 5.75. The minimum Gasteiger partial charge on any atom is -0.311 e. The fraction of sp³-hybridized carbons (Fsp3) is 1.00. The first-order valence-corrected chi connectivity index (χ1v) is 9.48. The third-order valence-corrected chi connectivity index (χ3v) is 6.50. The van der Waals surface area contributed by atoms with Crippen LogP contribution in [0.1, 0.15) is 46.0 Å². The van der Waals surface area contributed by atoms with Gasteiger partial charge in [0.25, 0.3) is 0 Å². The Morgan fingerprint density at radius 2 is 1.95 bits per heavy atom. The highest BCUT2D eigenvalue weighted by atomic mass is 32.2. The molecular formula is C14H28N2O2S. The van der Waals surface area contributed by atoms with Crippen LogP contribution >= 0.6 is 0 Å². The molecule has 1 atom stereocenters. The summed E-state index contributed by atoms with van der Waals surface area (Å²) in [5.41, 5.74) is 0.244. The van der Waals surface area contributed by atoms with Crippen molar-refractivity contribution in [3.05, 3.63) is 0 Å². The topological polar surface area (TPSA) is 49.4 Å². The zero-order valence-corrected chi connectivity index (χ0v) is 13.1. The molecule has 0 bridgehead atoms. The minimum absolute atomic E-state index is 0.244. The molecule has 2 fully saturated rings. The lowest BCUT2D eigenvalue weighted by Gasteiger charge is -2.47. The molecule has 1 aliphatic heterocycles. The van der Waals surface area contributed by atoms with E-state index in [4.69, 9.17) is 0 Å². The van der Waals surface area contributed by atoms with Crippen LogP contribution in [0.2, 0.25) is 0 Å². The summed E-state index contributed by atoms with van der Waals surface area (Å²) in [6.45, 7) is 6.86. The molecule has 1 spiro atoms. The van der Waals surface area contributed by atoms with Gasteiger partial charge in [-0.05, 0) is 26.2 Å². The summed E-state index contributed by atoms with van der Waals surface area (Å²) < 4.78 is 23.8. The maximum atomic E-state index is 11.9. The van der Waals surface area contributed by atoms with Gasteiger partial charge in [0.05, 0.1) is 5.75 Å². The predicted molar refractivity (Wildman–Crippen MR) is 79.2 cm³/mol. The normalized spacial score (nSPS) is 28.0. The van der Waals surface area contributed by atoms with E-state index in [9.17, 15) is 8.42 Å².